The molecule has 0 bridgehead atoms. The van der Waals surface area contributed by atoms with E-state index in [1.807, 2.05) is 0 Å². The van der Waals surface area contributed by atoms with Crippen LogP contribution in [0, 0.1) is 5.41 Å². The van der Waals surface area contributed by atoms with E-state index in [4.69, 9.17) is 21.6 Å². The number of hydrogen-bond donors (Lipinski definition) is 4. The van der Waals surface area contributed by atoms with E-state index >= 15 is 0 Å². The number of nitrogens with zero attached hydrogens (tertiary/aromatic N) is 1. The standard InChI is InChI=1S/C9H17N5O2S/c10-8(11)14-9(12)17-5-7(15)13-4-6-2-1-3-16-6/h6H,1-5H2,(H,13,15)(H5,10,11,12,14). The Bertz CT molecular complexity index is 311. The Labute approximate surface area is 104 Å². The molecule has 1 amide bonds. The number of hydrogen-bond acceptors (Lipinski definition) is 4. The summed E-state index contributed by atoms with van der Waals surface area (Å²) in [6.45, 7) is 1.29. The Morgan fingerprint density at radius 3 is 2.94 bits per heavy atom. The van der Waals surface area contributed by atoms with Gasteiger partial charge in [-0.15, -0.1) is 0 Å². The van der Waals surface area contributed by atoms with Crippen LogP contribution in [0.3, 0.4) is 0 Å². The second kappa shape index (κ2) is 7.13. The Morgan fingerprint density at radius 2 is 2.35 bits per heavy atom. The summed E-state index contributed by atoms with van der Waals surface area (Å²) < 4.78 is 5.36. The van der Waals surface area contributed by atoms with Crippen molar-refractivity contribution in [1.82, 2.24) is 5.32 Å². The number of carbonyl (C=O) groups is 1. The summed E-state index contributed by atoms with van der Waals surface area (Å²) in [6.07, 6.45) is 2.16. The molecule has 0 saturated carbocycles. The van der Waals surface area contributed by atoms with E-state index in [9.17, 15) is 4.79 Å². The number of thioether (sulfide) groups is 1. The number of nitrogens with two attached hydrogens (primary N) is 2. The molecule has 0 aromatic heterocycles. The Morgan fingerprint density at radius 1 is 1.59 bits per heavy atom. The van der Waals surface area contributed by atoms with Gasteiger partial charge in [0.2, 0.25) is 5.91 Å². The average Bonchev–Trinajstić information content (AvgIpc) is 2.75. The lowest BCUT2D eigenvalue weighted by atomic mass is 10.2. The van der Waals surface area contributed by atoms with Gasteiger partial charge in [-0.2, -0.15) is 4.99 Å². The summed E-state index contributed by atoms with van der Waals surface area (Å²) in [5, 5.41) is 9.99. The Kier molecular flexibility index (Phi) is 5.78. The topological polar surface area (TPSA) is 127 Å². The summed E-state index contributed by atoms with van der Waals surface area (Å²) in [5.74, 6) is -0.203. The zero-order chi connectivity index (χ0) is 12.7. The van der Waals surface area contributed by atoms with E-state index in [-0.39, 0.29) is 28.9 Å². The van der Waals surface area contributed by atoms with Crippen molar-refractivity contribution in [2.45, 2.75) is 18.9 Å². The molecular weight excluding hydrogens is 242 g/mol. The van der Waals surface area contributed by atoms with Crippen LogP contribution in [0.1, 0.15) is 12.8 Å². The molecule has 17 heavy (non-hydrogen) atoms. The van der Waals surface area contributed by atoms with Crippen molar-refractivity contribution in [1.29, 1.82) is 5.41 Å². The zero-order valence-electron chi connectivity index (χ0n) is 9.44. The lowest BCUT2D eigenvalue weighted by molar-refractivity contribution is -0.119. The van der Waals surface area contributed by atoms with Crippen LogP contribution in [0.4, 0.5) is 0 Å². The first-order chi connectivity index (χ1) is 8.08. The van der Waals surface area contributed by atoms with E-state index in [0.29, 0.717) is 6.54 Å². The molecular formula is C9H17N5O2S. The predicted molar refractivity (Wildman–Crippen MR) is 68.0 cm³/mol. The molecule has 1 fully saturated rings. The number of rotatable bonds is 4. The quantitative estimate of drug-likeness (QED) is 0.389. The minimum Gasteiger partial charge on any atom is -0.376 e. The summed E-state index contributed by atoms with van der Waals surface area (Å²) in [5.41, 5.74) is 10.2. The van der Waals surface area contributed by atoms with Crippen molar-refractivity contribution < 1.29 is 9.53 Å². The lowest BCUT2D eigenvalue weighted by Crippen LogP contribution is -2.33. The highest BCUT2D eigenvalue weighted by atomic mass is 32.2. The monoisotopic (exact) mass is 259 g/mol. The number of nitrogens with one attached hydrogen (secondary N) is 2. The summed E-state index contributed by atoms with van der Waals surface area (Å²) >= 11 is 0.978. The molecule has 0 spiro atoms. The first kappa shape index (κ1) is 13.8. The molecule has 96 valence electrons. The third-order valence-corrected chi connectivity index (χ3v) is 2.89. The summed E-state index contributed by atoms with van der Waals surface area (Å²) in [4.78, 5) is 14.9. The van der Waals surface area contributed by atoms with Gasteiger partial charge in [-0.25, -0.2) is 0 Å². The van der Waals surface area contributed by atoms with Crippen molar-refractivity contribution in [3.63, 3.8) is 0 Å². The van der Waals surface area contributed by atoms with Gasteiger partial charge in [-0.1, -0.05) is 11.8 Å². The zero-order valence-corrected chi connectivity index (χ0v) is 10.3. The van der Waals surface area contributed by atoms with Gasteiger partial charge < -0.3 is 21.5 Å². The molecule has 1 saturated heterocycles. The normalized spacial score (nSPS) is 18.7. The van der Waals surface area contributed by atoms with Crippen LogP contribution < -0.4 is 16.8 Å². The molecule has 1 heterocycles. The molecule has 7 nitrogen and oxygen atoms in total. The smallest absolute Gasteiger partial charge is 0.230 e. The SMILES string of the molecule is N=C(N=C(N)N)SCC(=O)NCC1CCCO1. The molecule has 1 unspecified atom stereocenters. The van der Waals surface area contributed by atoms with Crippen LogP contribution in [-0.2, 0) is 9.53 Å². The second-order valence-corrected chi connectivity index (χ2v) is 4.53. The number of aliphatic imine (C=N–C) groups is 1. The van der Waals surface area contributed by atoms with Crippen molar-refractivity contribution in [3.8, 4) is 0 Å². The van der Waals surface area contributed by atoms with Gasteiger partial charge in [-0.05, 0) is 12.8 Å². The number of amides is 1. The number of guanidine groups is 1. The van der Waals surface area contributed by atoms with Crippen LogP contribution in [0.25, 0.3) is 0 Å². The van der Waals surface area contributed by atoms with Crippen molar-refractivity contribution in [2.75, 3.05) is 18.9 Å². The summed E-state index contributed by atoms with van der Waals surface area (Å²) in [6, 6.07) is 0. The minimum atomic E-state index is -0.178. The molecule has 1 aliphatic rings. The maximum absolute atomic E-state index is 11.4. The second-order valence-electron chi connectivity index (χ2n) is 3.57. The van der Waals surface area contributed by atoms with Gasteiger partial charge in [0.15, 0.2) is 11.1 Å². The van der Waals surface area contributed by atoms with Crippen molar-refractivity contribution in [2.24, 2.45) is 16.5 Å². The largest absolute Gasteiger partial charge is 0.376 e. The van der Waals surface area contributed by atoms with Crippen LogP contribution in [0.2, 0.25) is 0 Å². The fourth-order valence-corrected chi connectivity index (χ4v) is 1.91. The predicted octanol–water partition coefficient (Wildman–Crippen LogP) is -0.777. The van der Waals surface area contributed by atoms with E-state index in [0.717, 1.165) is 31.2 Å². The number of carbonyl (C=O) groups excluding carboxylic acids is 1. The molecule has 1 atom stereocenters. The molecule has 1 aliphatic heterocycles. The molecule has 8 heteroatoms. The highest BCUT2D eigenvalue weighted by molar-refractivity contribution is 8.14. The fourth-order valence-electron chi connectivity index (χ4n) is 1.37. The minimum absolute atomic E-state index is 0.0720. The maximum atomic E-state index is 11.4. The molecule has 1 rings (SSSR count). The van der Waals surface area contributed by atoms with Gasteiger partial charge in [0.1, 0.15) is 0 Å². The fraction of sp³-hybridized carbons (Fsp3) is 0.667. The molecule has 6 N–H and O–H groups in total. The highest BCUT2D eigenvalue weighted by Crippen LogP contribution is 2.10. The number of amidine groups is 1. The molecule has 0 radical (unpaired) electrons. The van der Waals surface area contributed by atoms with E-state index in [1.54, 1.807) is 0 Å². The van der Waals surface area contributed by atoms with Crippen LogP contribution in [0.15, 0.2) is 4.99 Å². The van der Waals surface area contributed by atoms with Crippen LogP contribution in [0.5, 0.6) is 0 Å². The van der Waals surface area contributed by atoms with Crippen LogP contribution >= 0.6 is 11.8 Å². The van der Waals surface area contributed by atoms with Gasteiger partial charge >= 0.3 is 0 Å². The molecule has 0 aliphatic carbocycles. The van der Waals surface area contributed by atoms with Gasteiger partial charge in [-0.3, -0.25) is 10.2 Å². The first-order valence-electron chi connectivity index (χ1n) is 5.27. The Balaban J connectivity index is 2.12. The van der Waals surface area contributed by atoms with E-state index in [1.165, 1.54) is 0 Å². The average molecular weight is 259 g/mol. The van der Waals surface area contributed by atoms with Crippen molar-refractivity contribution >= 4 is 28.8 Å². The van der Waals surface area contributed by atoms with Gasteiger partial charge in [0, 0.05) is 13.2 Å². The Hall–Kier alpha value is -1.28. The van der Waals surface area contributed by atoms with Gasteiger partial charge in [0.25, 0.3) is 0 Å². The summed E-state index contributed by atoms with van der Waals surface area (Å²) in [7, 11) is 0. The lowest BCUT2D eigenvalue weighted by Gasteiger charge is -2.10. The van der Waals surface area contributed by atoms with Crippen molar-refractivity contribution in [3.05, 3.63) is 0 Å². The number of ether oxygens (including phenoxy) is 1. The van der Waals surface area contributed by atoms with Gasteiger partial charge in [0.05, 0.1) is 11.9 Å². The van der Waals surface area contributed by atoms with Crippen LogP contribution in [-0.4, -0.2) is 42.0 Å². The third-order valence-electron chi connectivity index (χ3n) is 2.12. The molecule has 0 aromatic carbocycles. The van der Waals surface area contributed by atoms with E-state index in [2.05, 4.69) is 10.3 Å². The highest BCUT2D eigenvalue weighted by Gasteiger charge is 2.16. The molecule has 0 aromatic rings. The van der Waals surface area contributed by atoms with E-state index < -0.39 is 0 Å². The first-order valence-corrected chi connectivity index (χ1v) is 6.26. The maximum Gasteiger partial charge on any atom is 0.230 e. The third kappa shape index (κ3) is 6.12.